The summed E-state index contributed by atoms with van der Waals surface area (Å²) in [6.45, 7) is 3.49. The van der Waals surface area contributed by atoms with Crippen molar-refractivity contribution >= 4 is 11.6 Å². The monoisotopic (exact) mass is 346 g/mol. The lowest BCUT2D eigenvalue weighted by atomic mass is 10.1. The Labute approximate surface area is 146 Å². The van der Waals surface area contributed by atoms with Gasteiger partial charge in [-0.05, 0) is 37.1 Å². The van der Waals surface area contributed by atoms with Gasteiger partial charge in [0.15, 0.2) is 0 Å². The number of halogens is 2. The van der Waals surface area contributed by atoms with Gasteiger partial charge in [0, 0.05) is 43.5 Å². The van der Waals surface area contributed by atoms with E-state index in [0.29, 0.717) is 12.6 Å². The molecular formula is C18H20ClFN4. The van der Waals surface area contributed by atoms with E-state index in [2.05, 4.69) is 15.2 Å². The van der Waals surface area contributed by atoms with Crippen LogP contribution < -0.4 is 5.32 Å². The van der Waals surface area contributed by atoms with E-state index in [-0.39, 0.29) is 10.8 Å². The molecule has 6 heteroatoms. The van der Waals surface area contributed by atoms with Crippen LogP contribution in [0.3, 0.4) is 0 Å². The number of hydrogen-bond acceptors (Lipinski definition) is 4. The third-order valence-corrected chi connectivity index (χ3v) is 5.10. The molecule has 0 bridgehead atoms. The molecule has 1 fully saturated rings. The maximum atomic E-state index is 13.6. The molecule has 0 aliphatic carbocycles. The van der Waals surface area contributed by atoms with Crippen molar-refractivity contribution in [2.75, 3.05) is 13.1 Å². The summed E-state index contributed by atoms with van der Waals surface area (Å²) >= 11 is 5.75. The average Bonchev–Trinajstić information content (AvgIpc) is 3.12. The number of hydrogen-bond donors (Lipinski definition) is 1. The lowest BCUT2D eigenvalue weighted by Gasteiger charge is -2.28. The van der Waals surface area contributed by atoms with Gasteiger partial charge in [0.2, 0.25) is 0 Å². The summed E-state index contributed by atoms with van der Waals surface area (Å²) in [6, 6.07) is 5.33. The van der Waals surface area contributed by atoms with E-state index in [1.54, 1.807) is 6.07 Å². The minimum absolute atomic E-state index is 0.171. The second kappa shape index (κ2) is 6.75. The average molecular weight is 347 g/mol. The van der Waals surface area contributed by atoms with Gasteiger partial charge in [-0.1, -0.05) is 17.7 Å². The molecule has 2 aromatic rings. The van der Waals surface area contributed by atoms with Crippen molar-refractivity contribution in [3.63, 3.8) is 0 Å². The Kier molecular flexibility index (Phi) is 4.48. The van der Waals surface area contributed by atoms with Crippen molar-refractivity contribution in [3.8, 4) is 0 Å². The third kappa shape index (κ3) is 3.29. The van der Waals surface area contributed by atoms with Gasteiger partial charge in [0.05, 0.1) is 11.1 Å². The summed E-state index contributed by atoms with van der Waals surface area (Å²) in [5.41, 5.74) is 3.28. The number of nitrogens with zero attached hydrogens (tertiary/aromatic N) is 3. The van der Waals surface area contributed by atoms with Gasteiger partial charge >= 0.3 is 0 Å². The Morgan fingerprint density at radius 1 is 1.38 bits per heavy atom. The highest BCUT2D eigenvalue weighted by Crippen LogP contribution is 2.24. The van der Waals surface area contributed by atoms with Crippen LogP contribution in [0.5, 0.6) is 0 Å². The zero-order chi connectivity index (χ0) is 16.5. The van der Waals surface area contributed by atoms with E-state index in [1.807, 2.05) is 12.3 Å². The number of aromatic nitrogens is 2. The molecule has 4 rings (SSSR count). The minimum Gasteiger partial charge on any atom is -0.307 e. The Hall–Kier alpha value is -1.56. The van der Waals surface area contributed by atoms with Gasteiger partial charge in [-0.25, -0.2) is 14.4 Å². The lowest BCUT2D eigenvalue weighted by Crippen LogP contribution is -2.31. The second-order valence-corrected chi connectivity index (χ2v) is 6.97. The van der Waals surface area contributed by atoms with E-state index < -0.39 is 0 Å². The molecule has 0 unspecified atom stereocenters. The molecule has 0 radical (unpaired) electrons. The Morgan fingerprint density at radius 2 is 2.29 bits per heavy atom. The maximum Gasteiger partial charge on any atom is 0.145 e. The fourth-order valence-electron chi connectivity index (χ4n) is 3.49. The van der Waals surface area contributed by atoms with Crippen LogP contribution in [-0.2, 0) is 19.5 Å². The normalized spacial score (nSPS) is 21.0. The smallest absolute Gasteiger partial charge is 0.145 e. The summed E-state index contributed by atoms with van der Waals surface area (Å²) in [5.74, 6) is 0.572. The minimum atomic E-state index is -0.358. The van der Waals surface area contributed by atoms with Crippen molar-refractivity contribution in [2.24, 2.45) is 0 Å². The van der Waals surface area contributed by atoms with Crippen molar-refractivity contribution in [3.05, 3.63) is 57.9 Å². The van der Waals surface area contributed by atoms with Crippen LogP contribution in [0.15, 0.2) is 24.4 Å². The molecule has 1 N–H and O–H groups in total. The van der Waals surface area contributed by atoms with Gasteiger partial charge in [-0.3, -0.25) is 4.90 Å². The van der Waals surface area contributed by atoms with E-state index in [9.17, 15) is 4.39 Å². The second-order valence-electron chi connectivity index (χ2n) is 6.56. The molecule has 2 aliphatic heterocycles. The van der Waals surface area contributed by atoms with Crippen LogP contribution in [0.2, 0.25) is 5.02 Å². The Morgan fingerprint density at radius 3 is 3.08 bits per heavy atom. The maximum absolute atomic E-state index is 13.6. The van der Waals surface area contributed by atoms with E-state index in [0.717, 1.165) is 49.6 Å². The molecule has 0 saturated carbocycles. The number of fused-ring (bicyclic) bond motifs is 1. The highest BCUT2D eigenvalue weighted by atomic mass is 35.5. The molecule has 4 nitrogen and oxygen atoms in total. The first kappa shape index (κ1) is 15.9. The summed E-state index contributed by atoms with van der Waals surface area (Å²) in [7, 11) is 0. The van der Waals surface area contributed by atoms with Crippen LogP contribution >= 0.6 is 11.6 Å². The molecule has 1 atom stereocenters. The van der Waals surface area contributed by atoms with Crippen molar-refractivity contribution in [1.29, 1.82) is 0 Å². The van der Waals surface area contributed by atoms with Crippen LogP contribution in [-0.4, -0.2) is 28.0 Å². The molecule has 1 aromatic carbocycles. The first-order valence-electron chi connectivity index (χ1n) is 8.43. The van der Waals surface area contributed by atoms with Crippen LogP contribution in [0.25, 0.3) is 0 Å². The van der Waals surface area contributed by atoms with Crippen molar-refractivity contribution < 1.29 is 4.39 Å². The Balaban J connectivity index is 1.46. The van der Waals surface area contributed by atoms with Gasteiger partial charge in [0.1, 0.15) is 11.6 Å². The number of rotatable bonds is 3. The lowest BCUT2D eigenvalue weighted by molar-refractivity contribution is 0.242. The predicted octanol–water partition coefficient (Wildman–Crippen LogP) is 3.25. The fourth-order valence-corrected chi connectivity index (χ4v) is 3.61. The van der Waals surface area contributed by atoms with E-state index >= 15 is 0 Å². The zero-order valence-corrected chi connectivity index (χ0v) is 14.2. The highest BCUT2D eigenvalue weighted by Gasteiger charge is 2.23. The fraction of sp³-hybridized carbons (Fsp3) is 0.444. The van der Waals surface area contributed by atoms with Crippen LogP contribution in [0, 0.1) is 5.82 Å². The molecule has 126 valence electrons. The summed E-state index contributed by atoms with van der Waals surface area (Å²) in [4.78, 5) is 11.6. The standard InChI is InChI=1S/C18H20ClFN4/c19-14-4-3-12(8-15(14)20)10-24-7-5-16-13(11-24)9-22-18(23-16)17-2-1-6-21-17/h3-4,8-9,17,21H,1-2,5-7,10-11H2/t17-/m1/s1. The molecule has 2 aliphatic rings. The molecular weight excluding hydrogens is 327 g/mol. The highest BCUT2D eigenvalue weighted by molar-refractivity contribution is 6.30. The summed E-state index contributed by atoms with van der Waals surface area (Å²) in [5, 5.41) is 3.62. The first-order valence-corrected chi connectivity index (χ1v) is 8.81. The molecule has 0 spiro atoms. The van der Waals surface area contributed by atoms with Crippen LogP contribution in [0.4, 0.5) is 4.39 Å². The van der Waals surface area contributed by atoms with Crippen molar-refractivity contribution in [1.82, 2.24) is 20.2 Å². The SMILES string of the molecule is Fc1cc(CN2CCc3nc([C@H]4CCCN4)ncc3C2)ccc1Cl. The molecule has 1 saturated heterocycles. The van der Waals surface area contributed by atoms with Gasteiger partial charge in [0.25, 0.3) is 0 Å². The molecule has 3 heterocycles. The van der Waals surface area contributed by atoms with Crippen LogP contribution in [0.1, 0.15) is 41.5 Å². The zero-order valence-electron chi connectivity index (χ0n) is 13.4. The van der Waals surface area contributed by atoms with Gasteiger partial charge < -0.3 is 5.32 Å². The van der Waals surface area contributed by atoms with Crippen molar-refractivity contribution in [2.45, 2.75) is 38.4 Å². The van der Waals surface area contributed by atoms with Gasteiger partial charge in [-0.2, -0.15) is 0 Å². The third-order valence-electron chi connectivity index (χ3n) is 4.79. The van der Waals surface area contributed by atoms with E-state index in [1.165, 1.54) is 18.1 Å². The topological polar surface area (TPSA) is 41.1 Å². The number of nitrogens with one attached hydrogen (secondary N) is 1. The van der Waals surface area contributed by atoms with Gasteiger partial charge in [-0.15, -0.1) is 0 Å². The molecule has 1 aromatic heterocycles. The molecule has 0 amide bonds. The van der Waals surface area contributed by atoms with E-state index in [4.69, 9.17) is 16.6 Å². The molecule has 24 heavy (non-hydrogen) atoms. The Bertz CT molecular complexity index is 746. The largest absolute Gasteiger partial charge is 0.307 e. The first-order chi connectivity index (χ1) is 11.7. The summed E-state index contributed by atoms with van der Waals surface area (Å²) < 4.78 is 13.6. The quantitative estimate of drug-likeness (QED) is 0.926. The number of benzene rings is 1. The predicted molar refractivity (Wildman–Crippen MR) is 91.2 cm³/mol. The summed E-state index contributed by atoms with van der Waals surface area (Å²) in [6.07, 6.45) is 5.18.